The van der Waals surface area contributed by atoms with Crippen LogP contribution in [0.3, 0.4) is 0 Å². The lowest BCUT2D eigenvalue weighted by atomic mass is 10.2. The van der Waals surface area contributed by atoms with Crippen LogP contribution in [0.4, 0.5) is 11.5 Å². The first-order valence-electron chi connectivity index (χ1n) is 5.96. The lowest BCUT2D eigenvalue weighted by Gasteiger charge is -2.09. The van der Waals surface area contributed by atoms with Crippen molar-refractivity contribution >= 4 is 23.1 Å². The fourth-order valence-corrected chi connectivity index (χ4v) is 1.86. The molecule has 0 saturated heterocycles. The van der Waals surface area contributed by atoms with E-state index < -0.39 is 0 Å². The molecule has 0 unspecified atom stereocenters. The van der Waals surface area contributed by atoms with E-state index >= 15 is 0 Å². The van der Waals surface area contributed by atoms with Crippen LogP contribution in [0.1, 0.15) is 17.0 Å². The van der Waals surface area contributed by atoms with Crippen molar-refractivity contribution in [3.63, 3.8) is 0 Å². The molecule has 0 aliphatic carbocycles. The van der Waals surface area contributed by atoms with Gasteiger partial charge in [0.05, 0.1) is 18.0 Å². The van der Waals surface area contributed by atoms with Gasteiger partial charge in [-0.25, -0.2) is 9.97 Å². The average Bonchev–Trinajstić information content (AvgIpc) is 2.38. The zero-order valence-electron chi connectivity index (χ0n) is 11.2. The van der Waals surface area contributed by atoms with E-state index in [4.69, 9.17) is 16.3 Å². The van der Waals surface area contributed by atoms with E-state index in [1.807, 2.05) is 38.1 Å². The fraction of sp³-hybridized carbons (Fsp3) is 0.286. The highest BCUT2D eigenvalue weighted by atomic mass is 35.5. The van der Waals surface area contributed by atoms with Crippen LogP contribution in [-0.4, -0.2) is 17.1 Å². The van der Waals surface area contributed by atoms with Crippen molar-refractivity contribution in [2.24, 2.45) is 0 Å². The minimum atomic E-state index is 0.379. The number of nitrogens with zero attached hydrogens (tertiary/aromatic N) is 2. The average molecular weight is 278 g/mol. The van der Waals surface area contributed by atoms with Crippen molar-refractivity contribution < 1.29 is 4.74 Å². The van der Waals surface area contributed by atoms with Crippen molar-refractivity contribution in [3.8, 4) is 0 Å². The number of hydrogen-bond acceptors (Lipinski definition) is 4. The quantitative estimate of drug-likeness (QED) is 0.927. The van der Waals surface area contributed by atoms with Gasteiger partial charge in [0.15, 0.2) is 11.0 Å². The highest BCUT2D eigenvalue weighted by Crippen LogP contribution is 2.23. The summed E-state index contributed by atoms with van der Waals surface area (Å²) in [4.78, 5) is 8.63. The van der Waals surface area contributed by atoms with Crippen molar-refractivity contribution in [1.82, 2.24) is 9.97 Å². The first-order chi connectivity index (χ1) is 9.10. The maximum atomic E-state index is 6.08. The first kappa shape index (κ1) is 13.8. The van der Waals surface area contributed by atoms with E-state index in [9.17, 15) is 0 Å². The molecule has 2 rings (SSSR count). The number of aromatic nitrogens is 2. The SMILES string of the molecule is COCc1ccc(Nc2nc(C)c(C)nc2Cl)cc1. The Morgan fingerprint density at radius 1 is 1.11 bits per heavy atom. The van der Waals surface area contributed by atoms with E-state index in [1.165, 1.54) is 0 Å². The third-order valence-electron chi connectivity index (χ3n) is 2.79. The number of anilines is 2. The van der Waals surface area contributed by atoms with Gasteiger partial charge in [0.1, 0.15) is 0 Å². The summed E-state index contributed by atoms with van der Waals surface area (Å²) in [6.07, 6.45) is 0. The van der Waals surface area contributed by atoms with Crippen LogP contribution in [0.25, 0.3) is 0 Å². The second-order valence-corrected chi connectivity index (χ2v) is 4.65. The highest BCUT2D eigenvalue weighted by molar-refractivity contribution is 6.31. The number of benzene rings is 1. The summed E-state index contributed by atoms with van der Waals surface area (Å²) in [5.41, 5.74) is 3.73. The van der Waals surface area contributed by atoms with Crippen molar-refractivity contribution in [1.29, 1.82) is 0 Å². The van der Waals surface area contributed by atoms with Gasteiger partial charge >= 0.3 is 0 Å². The molecule has 0 saturated carbocycles. The summed E-state index contributed by atoms with van der Waals surface area (Å²) in [6.45, 7) is 4.40. The van der Waals surface area contributed by atoms with Gasteiger partial charge in [0.25, 0.3) is 0 Å². The molecule has 1 aromatic heterocycles. The van der Waals surface area contributed by atoms with Crippen LogP contribution in [0.15, 0.2) is 24.3 Å². The van der Waals surface area contributed by atoms with E-state index in [0.29, 0.717) is 17.6 Å². The number of rotatable bonds is 4. The number of ether oxygens (including phenoxy) is 1. The molecule has 1 aromatic carbocycles. The molecular weight excluding hydrogens is 262 g/mol. The molecule has 100 valence electrons. The Balaban J connectivity index is 2.19. The van der Waals surface area contributed by atoms with Crippen molar-refractivity contribution in [3.05, 3.63) is 46.4 Å². The highest BCUT2D eigenvalue weighted by Gasteiger charge is 2.07. The summed E-state index contributed by atoms with van der Waals surface area (Å²) >= 11 is 6.08. The molecule has 0 radical (unpaired) electrons. The topological polar surface area (TPSA) is 47.0 Å². The number of hydrogen-bond donors (Lipinski definition) is 1. The molecule has 0 aliphatic rings. The molecule has 0 fully saturated rings. The van der Waals surface area contributed by atoms with Gasteiger partial charge in [-0.3, -0.25) is 0 Å². The van der Waals surface area contributed by atoms with Crippen LogP contribution in [0.2, 0.25) is 5.15 Å². The maximum Gasteiger partial charge on any atom is 0.172 e. The normalized spacial score (nSPS) is 10.5. The van der Waals surface area contributed by atoms with Gasteiger partial charge in [-0.15, -0.1) is 0 Å². The smallest absolute Gasteiger partial charge is 0.172 e. The molecule has 2 aromatic rings. The minimum Gasteiger partial charge on any atom is -0.380 e. The molecule has 1 heterocycles. The Morgan fingerprint density at radius 2 is 1.74 bits per heavy atom. The molecule has 4 nitrogen and oxygen atoms in total. The Kier molecular flexibility index (Phi) is 4.35. The zero-order chi connectivity index (χ0) is 13.8. The molecule has 0 bridgehead atoms. The van der Waals surface area contributed by atoms with Crippen LogP contribution in [-0.2, 0) is 11.3 Å². The fourth-order valence-electron chi connectivity index (χ4n) is 1.64. The van der Waals surface area contributed by atoms with E-state index in [-0.39, 0.29) is 0 Å². The van der Waals surface area contributed by atoms with E-state index in [0.717, 1.165) is 22.6 Å². The van der Waals surface area contributed by atoms with Crippen LogP contribution >= 0.6 is 11.6 Å². The molecule has 19 heavy (non-hydrogen) atoms. The van der Waals surface area contributed by atoms with Gasteiger partial charge in [0, 0.05) is 12.8 Å². The number of aryl methyl sites for hydroxylation is 2. The summed E-state index contributed by atoms with van der Waals surface area (Å²) in [5, 5.41) is 3.54. The third kappa shape index (κ3) is 3.43. The van der Waals surface area contributed by atoms with Gasteiger partial charge in [-0.2, -0.15) is 0 Å². The number of nitrogens with one attached hydrogen (secondary N) is 1. The van der Waals surface area contributed by atoms with Crippen LogP contribution < -0.4 is 5.32 Å². The second-order valence-electron chi connectivity index (χ2n) is 4.29. The molecule has 0 amide bonds. The van der Waals surface area contributed by atoms with E-state index in [2.05, 4.69) is 15.3 Å². The van der Waals surface area contributed by atoms with Gasteiger partial charge in [-0.05, 0) is 31.5 Å². The Labute approximate surface area is 117 Å². The molecule has 1 N–H and O–H groups in total. The first-order valence-corrected chi connectivity index (χ1v) is 6.33. The van der Waals surface area contributed by atoms with Crippen molar-refractivity contribution in [2.45, 2.75) is 20.5 Å². The largest absolute Gasteiger partial charge is 0.380 e. The predicted octanol–water partition coefficient (Wildman–Crippen LogP) is 3.64. The van der Waals surface area contributed by atoms with E-state index in [1.54, 1.807) is 7.11 Å². The standard InChI is InChI=1S/C14H16ClN3O/c1-9-10(2)17-14(13(15)16-9)18-12-6-4-11(5-7-12)8-19-3/h4-7H,8H2,1-3H3,(H,17,18). The van der Waals surface area contributed by atoms with Crippen molar-refractivity contribution in [2.75, 3.05) is 12.4 Å². The molecule has 0 aliphatic heterocycles. The maximum absolute atomic E-state index is 6.08. The lowest BCUT2D eigenvalue weighted by molar-refractivity contribution is 0.185. The molecule has 0 spiro atoms. The van der Waals surface area contributed by atoms with Crippen LogP contribution in [0, 0.1) is 13.8 Å². The van der Waals surface area contributed by atoms with Gasteiger partial charge in [-0.1, -0.05) is 23.7 Å². The van der Waals surface area contributed by atoms with Gasteiger partial charge in [0.2, 0.25) is 0 Å². The third-order valence-corrected chi connectivity index (χ3v) is 3.06. The van der Waals surface area contributed by atoms with Gasteiger partial charge < -0.3 is 10.1 Å². The summed E-state index contributed by atoms with van der Waals surface area (Å²) in [7, 11) is 1.68. The lowest BCUT2D eigenvalue weighted by Crippen LogP contribution is -2.00. The number of halogens is 1. The zero-order valence-corrected chi connectivity index (χ0v) is 12.0. The second kappa shape index (κ2) is 5.99. The molecule has 5 heteroatoms. The predicted molar refractivity (Wildman–Crippen MR) is 77.0 cm³/mol. The minimum absolute atomic E-state index is 0.379. The van der Waals surface area contributed by atoms with Crippen LogP contribution in [0.5, 0.6) is 0 Å². The summed E-state index contributed by atoms with van der Waals surface area (Å²) < 4.78 is 5.07. The Bertz CT molecular complexity index is 570. The summed E-state index contributed by atoms with van der Waals surface area (Å²) in [6, 6.07) is 7.91. The molecule has 0 atom stereocenters. The summed E-state index contributed by atoms with van der Waals surface area (Å²) in [5.74, 6) is 0.573. The monoisotopic (exact) mass is 277 g/mol. The Hall–Kier alpha value is -1.65. The number of methoxy groups -OCH3 is 1. The Morgan fingerprint density at radius 3 is 2.37 bits per heavy atom. The molecular formula is C14H16ClN3O.